The first-order valence-electron chi connectivity index (χ1n) is 11.6. The van der Waals surface area contributed by atoms with Crippen LogP contribution < -0.4 is 10.2 Å². The van der Waals surface area contributed by atoms with Crippen molar-refractivity contribution in [3.8, 4) is 6.07 Å². The summed E-state index contributed by atoms with van der Waals surface area (Å²) < 4.78 is 0. The van der Waals surface area contributed by atoms with Crippen LogP contribution in [0.15, 0.2) is 92.6 Å². The number of para-hydroxylation sites is 1. The van der Waals surface area contributed by atoms with Crippen molar-refractivity contribution in [2.45, 2.75) is 31.3 Å². The first kappa shape index (κ1) is 24.0. The van der Waals surface area contributed by atoms with E-state index in [4.69, 9.17) is 4.99 Å². The van der Waals surface area contributed by atoms with Crippen LogP contribution in [0.4, 0.5) is 17.1 Å². The number of anilines is 2. The number of fused-ring (bicyclic) bond motifs is 1. The van der Waals surface area contributed by atoms with Gasteiger partial charge < -0.3 is 10.2 Å². The number of hydrogen-bond donors (Lipinski definition) is 1. The molecule has 180 valence electrons. The summed E-state index contributed by atoms with van der Waals surface area (Å²) >= 11 is 2.99. The van der Waals surface area contributed by atoms with Gasteiger partial charge in [-0.3, -0.25) is 9.69 Å². The third kappa shape index (κ3) is 4.72. The van der Waals surface area contributed by atoms with Crippen molar-refractivity contribution in [3.63, 3.8) is 0 Å². The third-order valence-electron chi connectivity index (χ3n) is 5.77. The largest absolute Gasteiger partial charge is 0.381 e. The monoisotopic (exact) mass is 511 g/mol. The van der Waals surface area contributed by atoms with Gasteiger partial charge in [-0.25, -0.2) is 4.99 Å². The molecule has 8 heteroatoms. The molecule has 6 nitrogen and oxygen atoms in total. The second-order valence-electron chi connectivity index (χ2n) is 8.78. The highest BCUT2D eigenvalue weighted by atomic mass is 32.2. The molecule has 3 aromatic rings. The zero-order valence-electron chi connectivity index (χ0n) is 20.2. The third-order valence-corrected chi connectivity index (χ3v) is 8.20. The van der Waals surface area contributed by atoms with Crippen LogP contribution in [0.2, 0.25) is 0 Å². The van der Waals surface area contributed by atoms with Gasteiger partial charge in [-0.2, -0.15) is 5.26 Å². The lowest BCUT2D eigenvalue weighted by Gasteiger charge is -2.18. The van der Waals surface area contributed by atoms with E-state index in [-0.39, 0.29) is 11.9 Å². The Morgan fingerprint density at radius 3 is 2.50 bits per heavy atom. The van der Waals surface area contributed by atoms with Crippen molar-refractivity contribution in [1.82, 2.24) is 4.90 Å². The molecule has 2 aliphatic rings. The molecule has 0 bridgehead atoms. The molecular formula is C28H25N5OS2. The van der Waals surface area contributed by atoms with Crippen LogP contribution in [0, 0.1) is 11.3 Å². The standard InChI is InChI=1S/C28H25N5OS2/c1-18(2)30-21-14-13-20(16-29)15-22(21)31-28-33(17-19-9-5-4-6-10-19)26(34)25(36-28)27-32(3)23-11-7-8-12-24(23)35-27/h4-15,18,30H,17H2,1-3H3. The summed E-state index contributed by atoms with van der Waals surface area (Å²) in [7, 11) is 1.99. The number of thioether (sulfide) groups is 2. The van der Waals surface area contributed by atoms with E-state index < -0.39 is 0 Å². The van der Waals surface area contributed by atoms with Crippen molar-refractivity contribution >= 4 is 51.7 Å². The molecule has 2 aliphatic heterocycles. The number of benzene rings is 3. The zero-order valence-corrected chi connectivity index (χ0v) is 21.9. The second kappa shape index (κ2) is 10.1. The average molecular weight is 512 g/mol. The van der Waals surface area contributed by atoms with E-state index >= 15 is 0 Å². The maximum absolute atomic E-state index is 13.8. The molecule has 1 saturated heterocycles. The molecule has 5 rings (SSSR count). The number of rotatable bonds is 5. The summed E-state index contributed by atoms with van der Waals surface area (Å²) in [4.78, 5) is 24.4. The Kier molecular flexibility index (Phi) is 6.77. The molecule has 1 fully saturated rings. The molecular weight excluding hydrogens is 486 g/mol. The Bertz CT molecular complexity index is 1430. The van der Waals surface area contributed by atoms with E-state index in [1.165, 1.54) is 11.8 Å². The van der Waals surface area contributed by atoms with E-state index in [1.807, 2.05) is 55.6 Å². The highest BCUT2D eigenvalue weighted by Crippen LogP contribution is 2.50. The van der Waals surface area contributed by atoms with Crippen molar-refractivity contribution < 1.29 is 4.79 Å². The summed E-state index contributed by atoms with van der Waals surface area (Å²) in [5.74, 6) is -0.0698. The van der Waals surface area contributed by atoms with E-state index in [1.54, 1.807) is 28.8 Å². The minimum absolute atomic E-state index is 0.0698. The first-order valence-corrected chi connectivity index (χ1v) is 13.3. The van der Waals surface area contributed by atoms with Gasteiger partial charge in [0.25, 0.3) is 5.91 Å². The molecule has 2 heterocycles. The highest BCUT2D eigenvalue weighted by Gasteiger charge is 2.39. The van der Waals surface area contributed by atoms with Crippen LogP contribution in [-0.2, 0) is 11.3 Å². The van der Waals surface area contributed by atoms with E-state index in [0.29, 0.717) is 27.9 Å². The van der Waals surface area contributed by atoms with E-state index in [9.17, 15) is 10.1 Å². The molecule has 0 saturated carbocycles. The van der Waals surface area contributed by atoms with Crippen molar-refractivity contribution in [2.75, 3.05) is 17.3 Å². The van der Waals surface area contributed by atoms with Crippen molar-refractivity contribution in [3.05, 3.63) is 93.9 Å². The molecule has 0 unspecified atom stereocenters. The fourth-order valence-electron chi connectivity index (χ4n) is 4.05. The predicted molar refractivity (Wildman–Crippen MR) is 149 cm³/mol. The number of amidine groups is 1. The minimum Gasteiger partial charge on any atom is -0.381 e. The Hall–Kier alpha value is -3.67. The van der Waals surface area contributed by atoms with Gasteiger partial charge in [-0.1, -0.05) is 54.2 Å². The Balaban J connectivity index is 1.60. The Morgan fingerprint density at radius 1 is 1.03 bits per heavy atom. The molecule has 0 atom stereocenters. The molecule has 0 radical (unpaired) electrons. The van der Waals surface area contributed by atoms with Gasteiger partial charge in [0.2, 0.25) is 0 Å². The van der Waals surface area contributed by atoms with E-state index in [2.05, 4.69) is 42.3 Å². The smallest absolute Gasteiger partial charge is 0.269 e. The van der Waals surface area contributed by atoms with Crippen molar-refractivity contribution in [2.24, 2.45) is 4.99 Å². The number of amides is 1. The van der Waals surface area contributed by atoms with Gasteiger partial charge in [0, 0.05) is 18.0 Å². The van der Waals surface area contributed by atoms with Crippen LogP contribution >= 0.6 is 23.5 Å². The van der Waals surface area contributed by atoms with Gasteiger partial charge in [0.05, 0.1) is 40.3 Å². The lowest BCUT2D eigenvalue weighted by molar-refractivity contribution is -0.122. The summed E-state index contributed by atoms with van der Waals surface area (Å²) in [5.41, 5.74) is 4.09. The van der Waals surface area contributed by atoms with Gasteiger partial charge in [0.15, 0.2) is 5.17 Å². The lowest BCUT2D eigenvalue weighted by Crippen LogP contribution is -2.29. The maximum atomic E-state index is 13.8. The van der Waals surface area contributed by atoms with Gasteiger partial charge in [-0.05, 0) is 61.5 Å². The maximum Gasteiger partial charge on any atom is 0.269 e. The molecule has 0 spiro atoms. The number of nitriles is 1. The van der Waals surface area contributed by atoms with Crippen LogP contribution in [0.3, 0.4) is 0 Å². The average Bonchev–Trinajstić information content (AvgIpc) is 3.37. The summed E-state index contributed by atoms with van der Waals surface area (Å²) in [5, 5.41) is 14.4. The number of aliphatic imine (C=N–C) groups is 1. The summed E-state index contributed by atoms with van der Waals surface area (Å²) in [6, 6.07) is 25.9. The van der Waals surface area contributed by atoms with Crippen LogP contribution in [-0.4, -0.2) is 29.1 Å². The number of nitrogens with zero attached hydrogens (tertiary/aromatic N) is 4. The quantitative estimate of drug-likeness (QED) is 0.392. The van der Waals surface area contributed by atoms with E-state index in [0.717, 1.165) is 26.9 Å². The Morgan fingerprint density at radius 2 is 1.78 bits per heavy atom. The number of carbonyl (C=O) groups excluding carboxylic acids is 1. The fraction of sp³-hybridized carbons (Fsp3) is 0.179. The first-order chi connectivity index (χ1) is 17.4. The van der Waals surface area contributed by atoms with Gasteiger partial charge in [0.1, 0.15) is 4.91 Å². The molecule has 1 amide bonds. The number of hydrogen-bond acceptors (Lipinski definition) is 7. The lowest BCUT2D eigenvalue weighted by atomic mass is 10.1. The topological polar surface area (TPSA) is 71.7 Å². The minimum atomic E-state index is -0.0698. The van der Waals surface area contributed by atoms with Crippen LogP contribution in [0.5, 0.6) is 0 Å². The normalized spacial score (nSPS) is 18.2. The fourth-order valence-corrected chi connectivity index (χ4v) is 6.39. The molecule has 0 aromatic heterocycles. The predicted octanol–water partition coefficient (Wildman–Crippen LogP) is 6.55. The molecule has 0 aliphatic carbocycles. The van der Waals surface area contributed by atoms with Crippen LogP contribution in [0.1, 0.15) is 25.0 Å². The summed E-state index contributed by atoms with van der Waals surface area (Å²) in [6.07, 6.45) is 0. The molecule has 36 heavy (non-hydrogen) atoms. The second-order valence-corrected chi connectivity index (χ2v) is 10.8. The van der Waals surface area contributed by atoms with Gasteiger partial charge in [-0.15, -0.1) is 0 Å². The SMILES string of the molecule is CC(C)Nc1ccc(C#N)cc1N=C1SC(=C2Sc3ccccc3N2C)C(=O)N1Cc1ccccc1. The molecule has 3 aromatic carbocycles. The van der Waals surface area contributed by atoms with Crippen LogP contribution in [0.25, 0.3) is 0 Å². The number of nitrogens with one attached hydrogen (secondary N) is 1. The zero-order chi connectivity index (χ0) is 25.2. The Labute approximate surface area is 219 Å². The van der Waals surface area contributed by atoms with Crippen molar-refractivity contribution in [1.29, 1.82) is 5.26 Å². The summed E-state index contributed by atoms with van der Waals surface area (Å²) in [6.45, 7) is 4.52. The highest BCUT2D eigenvalue weighted by molar-refractivity contribution is 8.19. The number of carbonyl (C=O) groups is 1. The molecule has 1 N–H and O–H groups in total. The van der Waals surface area contributed by atoms with Gasteiger partial charge >= 0.3 is 0 Å².